The van der Waals surface area contributed by atoms with Crippen LogP contribution in [0.5, 0.6) is 0 Å². The van der Waals surface area contributed by atoms with E-state index in [-0.39, 0.29) is 18.2 Å². The molecule has 1 N–H and O–H groups in total. The molecule has 0 aliphatic carbocycles. The van der Waals surface area contributed by atoms with Crippen molar-refractivity contribution in [1.29, 1.82) is 0 Å². The number of hydrogen-bond donors (Lipinski definition) is 1. The fourth-order valence-corrected chi connectivity index (χ4v) is 2.89. The fraction of sp³-hybridized carbons (Fsp3) is 0.222. The highest BCUT2D eigenvalue weighted by molar-refractivity contribution is 6.31. The first-order valence-corrected chi connectivity index (χ1v) is 7.79. The third-order valence-corrected chi connectivity index (χ3v) is 4.17. The molecule has 1 fully saturated rings. The van der Waals surface area contributed by atoms with Crippen molar-refractivity contribution in [1.82, 2.24) is 0 Å². The summed E-state index contributed by atoms with van der Waals surface area (Å²) < 4.78 is 0. The zero-order valence-electron chi connectivity index (χ0n) is 13.0. The Morgan fingerprint density at radius 3 is 2.65 bits per heavy atom. The van der Waals surface area contributed by atoms with Gasteiger partial charge in [0.2, 0.25) is 5.91 Å². The van der Waals surface area contributed by atoms with E-state index in [1.165, 1.54) is 4.90 Å². The lowest BCUT2D eigenvalue weighted by Gasteiger charge is -2.17. The molecule has 5 heteroatoms. The Morgan fingerprint density at radius 1 is 1.13 bits per heavy atom. The van der Waals surface area contributed by atoms with Gasteiger partial charge in [-0.2, -0.15) is 0 Å². The van der Waals surface area contributed by atoms with Gasteiger partial charge in [0.05, 0.1) is 12.1 Å². The van der Waals surface area contributed by atoms with Gasteiger partial charge < -0.3 is 5.32 Å². The SMILES string of the molecule is Cc1ccc(C)c(N[C@H]2CC(=O)N(c3cccc(Cl)c3)C2=O)c1. The predicted molar refractivity (Wildman–Crippen MR) is 91.9 cm³/mol. The zero-order valence-corrected chi connectivity index (χ0v) is 13.7. The Labute approximate surface area is 140 Å². The third kappa shape index (κ3) is 3.08. The van der Waals surface area contributed by atoms with Crippen molar-refractivity contribution in [2.75, 3.05) is 10.2 Å². The Kier molecular flexibility index (Phi) is 4.09. The van der Waals surface area contributed by atoms with Crippen LogP contribution in [0.4, 0.5) is 11.4 Å². The standard InChI is InChI=1S/C18H17ClN2O2/c1-11-6-7-12(2)15(8-11)20-16-10-17(22)21(18(16)23)14-5-3-4-13(19)9-14/h3-9,16,20H,10H2,1-2H3/t16-/m0/s1. The van der Waals surface area contributed by atoms with Crippen LogP contribution in [-0.4, -0.2) is 17.9 Å². The number of aryl methyl sites for hydroxylation is 2. The van der Waals surface area contributed by atoms with E-state index >= 15 is 0 Å². The monoisotopic (exact) mass is 328 g/mol. The quantitative estimate of drug-likeness (QED) is 0.874. The molecule has 0 unspecified atom stereocenters. The Bertz CT molecular complexity index is 788. The summed E-state index contributed by atoms with van der Waals surface area (Å²) in [6, 6.07) is 12.2. The van der Waals surface area contributed by atoms with Crippen LogP contribution >= 0.6 is 11.6 Å². The largest absolute Gasteiger partial charge is 0.373 e. The van der Waals surface area contributed by atoms with Crippen molar-refractivity contribution in [3.05, 3.63) is 58.6 Å². The molecule has 0 aromatic heterocycles. The highest BCUT2D eigenvalue weighted by Gasteiger charge is 2.39. The summed E-state index contributed by atoms with van der Waals surface area (Å²) in [5.41, 5.74) is 3.53. The molecule has 0 bridgehead atoms. The molecule has 118 valence electrons. The van der Waals surface area contributed by atoms with Gasteiger partial charge in [0.1, 0.15) is 6.04 Å². The van der Waals surface area contributed by atoms with Crippen LogP contribution in [0.15, 0.2) is 42.5 Å². The summed E-state index contributed by atoms with van der Waals surface area (Å²) in [6.07, 6.45) is 0.138. The summed E-state index contributed by atoms with van der Waals surface area (Å²) in [5.74, 6) is -0.474. The van der Waals surface area contributed by atoms with Gasteiger partial charge in [-0.05, 0) is 49.2 Å². The van der Waals surface area contributed by atoms with E-state index in [1.54, 1.807) is 24.3 Å². The van der Waals surface area contributed by atoms with Crippen molar-refractivity contribution in [2.24, 2.45) is 0 Å². The van der Waals surface area contributed by atoms with E-state index in [9.17, 15) is 9.59 Å². The van der Waals surface area contributed by atoms with Gasteiger partial charge >= 0.3 is 0 Å². The van der Waals surface area contributed by atoms with Crippen LogP contribution in [0.25, 0.3) is 0 Å². The lowest BCUT2D eigenvalue weighted by atomic mass is 10.1. The number of hydrogen-bond acceptors (Lipinski definition) is 3. The van der Waals surface area contributed by atoms with E-state index in [0.29, 0.717) is 10.7 Å². The van der Waals surface area contributed by atoms with Crippen molar-refractivity contribution >= 4 is 34.8 Å². The summed E-state index contributed by atoms with van der Waals surface area (Å²) in [6.45, 7) is 3.96. The maximum atomic E-state index is 12.6. The molecule has 1 aliphatic heterocycles. The minimum Gasteiger partial charge on any atom is -0.373 e. The van der Waals surface area contributed by atoms with Crippen molar-refractivity contribution in [2.45, 2.75) is 26.3 Å². The molecule has 2 aromatic rings. The second kappa shape index (κ2) is 6.05. The minimum absolute atomic E-state index is 0.138. The zero-order chi connectivity index (χ0) is 16.6. The first kappa shape index (κ1) is 15.6. The molecule has 0 spiro atoms. The summed E-state index contributed by atoms with van der Waals surface area (Å²) >= 11 is 5.96. The molecule has 23 heavy (non-hydrogen) atoms. The maximum absolute atomic E-state index is 12.6. The molecule has 1 saturated heterocycles. The third-order valence-electron chi connectivity index (χ3n) is 3.94. The molecule has 4 nitrogen and oxygen atoms in total. The maximum Gasteiger partial charge on any atom is 0.256 e. The lowest BCUT2D eigenvalue weighted by molar-refractivity contribution is -0.121. The highest BCUT2D eigenvalue weighted by atomic mass is 35.5. The first-order valence-electron chi connectivity index (χ1n) is 7.42. The number of imide groups is 1. The van der Waals surface area contributed by atoms with Gasteiger partial charge in [-0.3, -0.25) is 9.59 Å². The Balaban J connectivity index is 1.85. The molecule has 0 saturated carbocycles. The molecule has 1 aliphatic rings. The van der Waals surface area contributed by atoms with Crippen LogP contribution in [0.3, 0.4) is 0 Å². The first-order chi connectivity index (χ1) is 11.0. The molecule has 2 amide bonds. The molecule has 2 aromatic carbocycles. The van der Waals surface area contributed by atoms with E-state index in [1.807, 2.05) is 32.0 Å². The summed E-state index contributed by atoms with van der Waals surface area (Å²) in [7, 11) is 0. The molecule has 0 radical (unpaired) electrons. The Morgan fingerprint density at radius 2 is 1.91 bits per heavy atom. The second-order valence-electron chi connectivity index (χ2n) is 5.77. The van der Waals surface area contributed by atoms with Crippen LogP contribution in [-0.2, 0) is 9.59 Å². The number of nitrogens with one attached hydrogen (secondary N) is 1. The van der Waals surface area contributed by atoms with Gasteiger partial charge in [-0.25, -0.2) is 4.90 Å². The van der Waals surface area contributed by atoms with Gasteiger partial charge in [-0.15, -0.1) is 0 Å². The number of nitrogens with zero attached hydrogens (tertiary/aromatic N) is 1. The molecular weight excluding hydrogens is 312 g/mol. The number of rotatable bonds is 3. The van der Waals surface area contributed by atoms with Gasteiger partial charge in [-0.1, -0.05) is 29.8 Å². The predicted octanol–water partition coefficient (Wildman–Crippen LogP) is 3.70. The van der Waals surface area contributed by atoms with E-state index < -0.39 is 6.04 Å². The van der Waals surface area contributed by atoms with Crippen LogP contribution < -0.4 is 10.2 Å². The number of carbonyl (C=O) groups is 2. The minimum atomic E-state index is -0.554. The topological polar surface area (TPSA) is 49.4 Å². The van der Waals surface area contributed by atoms with Crippen LogP contribution in [0.2, 0.25) is 5.02 Å². The summed E-state index contributed by atoms with van der Waals surface area (Å²) in [4.78, 5) is 26.1. The number of carbonyl (C=O) groups excluding carboxylic acids is 2. The second-order valence-corrected chi connectivity index (χ2v) is 6.20. The molecule has 1 heterocycles. The number of benzene rings is 2. The normalized spacial score (nSPS) is 17.7. The molecular formula is C18H17ClN2O2. The number of amides is 2. The summed E-state index contributed by atoms with van der Waals surface area (Å²) in [5, 5.41) is 3.69. The van der Waals surface area contributed by atoms with Gasteiger partial charge in [0.15, 0.2) is 0 Å². The molecule has 3 rings (SSSR count). The van der Waals surface area contributed by atoms with Crippen molar-refractivity contribution in [3.63, 3.8) is 0 Å². The van der Waals surface area contributed by atoms with Gasteiger partial charge in [0, 0.05) is 10.7 Å². The smallest absolute Gasteiger partial charge is 0.256 e. The number of anilines is 2. The molecule has 1 atom stereocenters. The van der Waals surface area contributed by atoms with E-state index in [2.05, 4.69) is 5.32 Å². The van der Waals surface area contributed by atoms with E-state index in [0.717, 1.165) is 16.8 Å². The van der Waals surface area contributed by atoms with Crippen LogP contribution in [0.1, 0.15) is 17.5 Å². The number of halogens is 1. The average molecular weight is 329 g/mol. The lowest BCUT2D eigenvalue weighted by Crippen LogP contribution is -2.34. The van der Waals surface area contributed by atoms with Crippen LogP contribution in [0, 0.1) is 13.8 Å². The highest BCUT2D eigenvalue weighted by Crippen LogP contribution is 2.28. The van der Waals surface area contributed by atoms with E-state index in [4.69, 9.17) is 11.6 Å². The van der Waals surface area contributed by atoms with Gasteiger partial charge in [0.25, 0.3) is 5.91 Å². The van der Waals surface area contributed by atoms with Crippen molar-refractivity contribution < 1.29 is 9.59 Å². The Hall–Kier alpha value is -2.33. The average Bonchev–Trinajstić information content (AvgIpc) is 2.77. The van der Waals surface area contributed by atoms with Crippen molar-refractivity contribution in [3.8, 4) is 0 Å². The fourth-order valence-electron chi connectivity index (χ4n) is 2.71.